The smallest absolute Gasteiger partial charge is 0.198 e. The minimum absolute atomic E-state index is 0.533. The average Bonchev–Trinajstić information content (AvgIpc) is 2.80. The van der Waals surface area contributed by atoms with Gasteiger partial charge < -0.3 is 14.9 Å². The predicted octanol–water partition coefficient (Wildman–Crippen LogP) is 3.34. The van der Waals surface area contributed by atoms with Crippen LogP contribution in [0.2, 0.25) is 0 Å². The van der Waals surface area contributed by atoms with Crippen LogP contribution in [0.15, 0.2) is 46.9 Å². The summed E-state index contributed by atoms with van der Waals surface area (Å²) < 4.78 is 11.3. The Labute approximate surface area is 117 Å². The maximum Gasteiger partial charge on any atom is 0.198 e. The van der Waals surface area contributed by atoms with Crippen LogP contribution < -0.4 is 10.5 Å². The second kappa shape index (κ2) is 5.25. The largest absolute Gasteiger partial charge is 0.493 e. The number of nitrogen functional groups attached to an aromatic ring is 1. The Balaban J connectivity index is 1.65. The molecule has 4 heteroatoms. The molecule has 0 bridgehead atoms. The number of benzene rings is 2. The molecular weight excluding hydrogens is 252 g/mol. The van der Waals surface area contributed by atoms with Gasteiger partial charge >= 0.3 is 0 Å². The molecule has 0 saturated heterocycles. The summed E-state index contributed by atoms with van der Waals surface area (Å²) >= 11 is 0. The molecule has 0 atom stereocenters. The van der Waals surface area contributed by atoms with Crippen LogP contribution >= 0.6 is 0 Å². The van der Waals surface area contributed by atoms with E-state index in [-0.39, 0.29) is 0 Å². The summed E-state index contributed by atoms with van der Waals surface area (Å²) in [6, 6.07) is 13.4. The van der Waals surface area contributed by atoms with Crippen molar-refractivity contribution in [3.63, 3.8) is 0 Å². The van der Waals surface area contributed by atoms with E-state index in [2.05, 4.69) is 4.98 Å². The summed E-state index contributed by atoms with van der Waals surface area (Å²) in [7, 11) is 0. The van der Waals surface area contributed by atoms with E-state index in [4.69, 9.17) is 14.9 Å². The van der Waals surface area contributed by atoms with E-state index in [0.29, 0.717) is 24.6 Å². The first kappa shape index (κ1) is 12.5. The molecule has 102 valence electrons. The van der Waals surface area contributed by atoms with Crippen molar-refractivity contribution in [2.24, 2.45) is 0 Å². The molecule has 4 nitrogen and oxygen atoms in total. The number of anilines is 1. The van der Waals surface area contributed by atoms with Gasteiger partial charge in [-0.05, 0) is 36.8 Å². The molecule has 20 heavy (non-hydrogen) atoms. The molecule has 0 saturated carbocycles. The number of oxazole rings is 1. The number of aromatic nitrogens is 1. The van der Waals surface area contributed by atoms with E-state index in [9.17, 15) is 0 Å². The maximum absolute atomic E-state index is 5.71. The van der Waals surface area contributed by atoms with Gasteiger partial charge in [0.25, 0.3) is 0 Å². The lowest BCUT2D eigenvalue weighted by molar-refractivity contribution is 0.308. The van der Waals surface area contributed by atoms with Crippen molar-refractivity contribution in [3.05, 3.63) is 53.9 Å². The van der Waals surface area contributed by atoms with Crippen LogP contribution in [0.3, 0.4) is 0 Å². The molecule has 3 rings (SSSR count). The van der Waals surface area contributed by atoms with Gasteiger partial charge in [-0.1, -0.05) is 12.1 Å². The standard InChI is InChI=1S/C16H16N2O2/c1-11-3-2-4-13(9-11)19-8-7-16-18-14-6-5-12(17)10-15(14)20-16/h2-6,9-10H,7-8,17H2,1H3. The monoisotopic (exact) mass is 268 g/mol. The molecule has 0 unspecified atom stereocenters. The van der Waals surface area contributed by atoms with Crippen LogP contribution in [-0.2, 0) is 6.42 Å². The normalized spacial score (nSPS) is 10.8. The van der Waals surface area contributed by atoms with E-state index >= 15 is 0 Å². The molecule has 0 fully saturated rings. The summed E-state index contributed by atoms with van der Waals surface area (Å²) in [6.45, 7) is 2.57. The van der Waals surface area contributed by atoms with Crippen molar-refractivity contribution in [2.75, 3.05) is 12.3 Å². The van der Waals surface area contributed by atoms with Gasteiger partial charge in [-0.25, -0.2) is 4.98 Å². The summed E-state index contributed by atoms with van der Waals surface area (Å²) in [5.74, 6) is 1.53. The minimum Gasteiger partial charge on any atom is -0.493 e. The maximum atomic E-state index is 5.71. The SMILES string of the molecule is Cc1cccc(OCCc2nc3ccc(N)cc3o2)c1. The van der Waals surface area contributed by atoms with Gasteiger partial charge in [-0.2, -0.15) is 0 Å². The first-order valence-corrected chi connectivity index (χ1v) is 6.55. The lowest BCUT2D eigenvalue weighted by Crippen LogP contribution is -2.01. The molecule has 3 aromatic rings. The van der Waals surface area contributed by atoms with Gasteiger partial charge in [0.05, 0.1) is 13.0 Å². The van der Waals surface area contributed by atoms with E-state index in [1.807, 2.05) is 43.3 Å². The molecule has 1 aromatic heterocycles. The Morgan fingerprint density at radius 2 is 2.10 bits per heavy atom. The van der Waals surface area contributed by atoms with Gasteiger partial charge in [-0.3, -0.25) is 0 Å². The van der Waals surface area contributed by atoms with Gasteiger partial charge in [0, 0.05) is 11.8 Å². The highest BCUT2D eigenvalue weighted by molar-refractivity contribution is 5.76. The number of fused-ring (bicyclic) bond motifs is 1. The summed E-state index contributed by atoms with van der Waals surface area (Å²) in [5, 5.41) is 0. The van der Waals surface area contributed by atoms with Crippen LogP contribution in [0.1, 0.15) is 11.5 Å². The highest BCUT2D eigenvalue weighted by Crippen LogP contribution is 2.19. The van der Waals surface area contributed by atoms with Crippen LogP contribution in [0.25, 0.3) is 11.1 Å². The van der Waals surface area contributed by atoms with Gasteiger partial charge in [-0.15, -0.1) is 0 Å². The number of rotatable bonds is 4. The van der Waals surface area contributed by atoms with Gasteiger partial charge in [0.15, 0.2) is 11.5 Å². The van der Waals surface area contributed by atoms with Crippen molar-refractivity contribution in [1.82, 2.24) is 4.98 Å². The second-order valence-electron chi connectivity index (χ2n) is 4.75. The molecular formula is C16H16N2O2. The molecule has 0 amide bonds. The Kier molecular flexibility index (Phi) is 3.29. The van der Waals surface area contributed by atoms with Crippen molar-refractivity contribution in [2.45, 2.75) is 13.3 Å². The zero-order valence-corrected chi connectivity index (χ0v) is 11.3. The molecule has 0 radical (unpaired) electrons. The lowest BCUT2D eigenvalue weighted by Gasteiger charge is -2.04. The van der Waals surface area contributed by atoms with Crippen LogP contribution in [-0.4, -0.2) is 11.6 Å². The zero-order valence-electron chi connectivity index (χ0n) is 11.3. The number of aryl methyl sites for hydroxylation is 1. The van der Waals surface area contributed by atoms with Crippen LogP contribution in [0, 0.1) is 6.92 Å². The van der Waals surface area contributed by atoms with Gasteiger partial charge in [0.1, 0.15) is 11.3 Å². The third-order valence-corrected chi connectivity index (χ3v) is 3.03. The first-order valence-electron chi connectivity index (χ1n) is 6.55. The number of hydrogen-bond donors (Lipinski definition) is 1. The molecule has 2 aromatic carbocycles. The molecule has 0 aliphatic rings. The Hall–Kier alpha value is -2.49. The topological polar surface area (TPSA) is 61.3 Å². The zero-order chi connectivity index (χ0) is 13.9. The van der Waals surface area contributed by atoms with Gasteiger partial charge in [0.2, 0.25) is 0 Å². The van der Waals surface area contributed by atoms with E-state index in [0.717, 1.165) is 16.8 Å². The third-order valence-electron chi connectivity index (χ3n) is 3.03. The fourth-order valence-corrected chi connectivity index (χ4v) is 2.06. The first-order chi connectivity index (χ1) is 9.70. The van der Waals surface area contributed by atoms with Crippen molar-refractivity contribution in [3.8, 4) is 5.75 Å². The highest BCUT2D eigenvalue weighted by Gasteiger charge is 2.06. The van der Waals surface area contributed by atoms with E-state index in [1.165, 1.54) is 5.56 Å². The molecule has 0 aliphatic carbocycles. The number of nitrogens with zero attached hydrogens (tertiary/aromatic N) is 1. The van der Waals surface area contributed by atoms with Crippen LogP contribution in [0.5, 0.6) is 5.75 Å². The van der Waals surface area contributed by atoms with Crippen LogP contribution in [0.4, 0.5) is 5.69 Å². The fraction of sp³-hybridized carbons (Fsp3) is 0.188. The molecule has 0 spiro atoms. The average molecular weight is 268 g/mol. The fourth-order valence-electron chi connectivity index (χ4n) is 2.06. The van der Waals surface area contributed by atoms with E-state index < -0.39 is 0 Å². The number of nitrogens with two attached hydrogens (primary N) is 1. The minimum atomic E-state index is 0.533. The Morgan fingerprint density at radius 1 is 1.20 bits per heavy atom. The number of ether oxygens (including phenoxy) is 1. The summed E-state index contributed by atoms with van der Waals surface area (Å²) in [5.41, 5.74) is 9.11. The Morgan fingerprint density at radius 3 is 2.95 bits per heavy atom. The lowest BCUT2D eigenvalue weighted by atomic mass is 10.2. The summed E-state index contributed by atoms with van der Waals surface area (Å²) in [4.78, 5) is 4.40. The predicted molar refractivity (Wildman–Crippen MR) is 78.8 cm³/mol. The molecule has 1 heterocycles. The summed E-state index contributed by atoms with van der Waals surface area (Å²) in [6.07, 6.45) is 0.628. The molecule has 0 aliphatic heterocycles. The second-order valence-corrected chi connectivity index (χ2v) is 4.75. The molecule has 2 N–H and O–H groups in total. The quantitative estimate of drug-likeness (QED) is 0.737. The van der Waals surface area contributed by atoms with E-state index in [1.54, 1.807) is 6.07 Å². The number of hydrogen-bond acceptors (Lipinski definition) is 4. The highest BCUT2D eigenvalue weighted by atomic mass is 16.5. The van der Waals surface area contributed by atoms with Crippen molar-refractivity contribution in [1.29, 1.82) is 0 Å². The van der Waals surface area contributed by atoms with Crippen molar-refractivity contribution < 1.29 is 9.15 Å². The van der Waals surface area contributed by atoms with Crippen molar-refractivity contribution >= 4 is 16.8 Å². The Bertz CT molecular complexity index is 734. The third kappa shape index (κ3) is 2.74.